The molecule has 7 nitrogen and oxygen atoms in total. The highest BCUT2D eigenvalue weighted by atomic mass is 35.5. The first-order valence-electron chi connectivity index (χ1n) is 9.77. The monoisotopic (exact) mass is 423 g/mol. The number of aromatic nitrogens is 1. The van der Waals surface area contributed by atoms with E-state index in [2.05, 4.69) is 5.32 Å². The number of ether oxygens (including phenoxy) is 1. The van der Waals surface area contributed by atoms with E-state index in [4.69, 9.17) is 4.74 Å². The zero-order valence-electron chi connectivity index (χ0n) is 16.0. The third-order valence-electron chi connectivity index (χ3n) is 6.23. The van der Waals surface area contributed by atoms with E-state index >= 15 is 4.39 Å². The van der Waals surface area contributed by atoms with E-state index < -0.39 is 17.3 Å². The summed E-state index contributed by atoms with van der Waals surface area (Å²) in [6.45, 7) is 4.74. The number of aromatic carboxylic acids is 1. The summed E-state index contributed by atoms with van der Waals surface area (Å²) in [5.74, 6) is -1.56. The van der Waals surface area contributed by atoms with E-state index in [9.17, 15) is 14.7 Å². The van der Waals surface area contributed by atoms with E-state index in [0.29, 0.717) is 36.5 Å². The van der Waals surface area contributed by atoms with Gasteiger partial charge in [-0.05, 0) is 42.9 Å². The summed E-state index contributed by atoms with van der Waals surface area (Å²) < 4.78 is 22.2. The van der Waals surface area contributed by atoms with Crippen LogP contribution in [-0.2, 0) is 4.74 Å². The Labute approximate surface area is 172 Å². The molecule has 1 aliphatic carbocycles. The highest BCUT2D eigenvalue weighted by molar-refractivity contribution is 5.89. The lowest BCUT2D eigenvalue weighted by Gasteiger charge is -2.23. The number of nitrogens with zero attached hydrogens (tertiary/aromatic N) is 2. The van der Waals surface area contributed by atoms with Crippen molar-refractivity contribution >= 4 is 17.2 Å². The fraction of sp³-hybridized carbons (Fsp3) is 0.500. The Balaban J connectivity index is 0.00000205. The van der Waals surface area contributed by atoms with Crippen LogP contribution in [0, 0.1) is 12.7 Å². The van der Waals surface area contributed by atoms with Gasteiger partial charge < -0.3 is 32.5 Å². The van der Waals surface area contributed by atoms with Crippen molar-refractivity contribution in [3.05, 3.63) is 45.1 Å². The molecule has 2 aromatic heterocycles. The van der Waals surface area contributed by atoms with Gasteiger partial charge in [-0.25, -0.2) is 9.18 Å². The van der Waals surface area contributed by atoms with Gasteiger partial charge in [0.15, 0.2) is 5.82 Å². The van der Waals surface area contributed by atoms with Crippen LogP contribution in [-0.4, -0.2) is 53.9 Å². The number of quaternary nitrogens is 1. The number of nitrogens with two attached hydrogens (primary N) is 1. The fourth-order valence-electron chi connectivity index (χ4n) is 4.78. The predicted octanol–water partition coefficient (Wildman–Crippen LogP) is -2.52. The molecule has 2 aromatic rings. The second-order valence-electron chi connectivity index (χ2n) is 8.07. The van der Waals surface area contributed by atoms with Crippen molar-refractivity contribution in [3.8, 4) is 0 Å². The fourth-order valence-corrected chi connectivity index (χ4v) is 4.78. The van der Waals surface area contributed by atoms with Crippen molar-refractivity contribution in [1.29, 1.82) is 0 Å². The van der Waals surface area contributed by atoms with Crippen molar-refractivity contribution < 1.29 is 36.8 Å². The number of fused-ring (bicyclic) bond motifs is 2. The number of hydrogen-bond donors (Lipinski definition) is 2. The molecule has 3 N–H and O–H groups in total. The molecule has 0 radical (unpaired) electrons. The van der Waals surface area contributed by atoms with E-state index in [1.807, 2.05) is 11.8 Å². The van der Waals surface area contributed by atoms with Crippen molar-refractivity contribution in [2.24, 2.45) is 0 Å². The molecule has 0 amide bonds. The van der Waals surface area contributed by atoms with Crippen LogP contribution < -0.4 is 28.2 Å². The number of carboxylic acids is 1. The number of carboxylic acid groups (broad SMARTS) is 1. The zero-order chi connectivity index (χ0) is 19.6. The van der Waals surface area contributed by atoms with Crippen LogP contribution in [0.4, 0.5) is 10.1 Å². The number of rotatable bonds is 3. The summed E-state index contributed by atoms with van der Waals surface area (Å²) in [6, 6.07) is 1.77. The van der Waals surface area contributed by atoms with Gasteiger partial charge in [0.25, 0.3) is 5.56 Å². The maximum Gasteiger partial charge on any atom is 0.341 e. The minimum absolute atomic E-state index is 0. The zero-order valence-corrected chi connectivity index (χ0v) is 16.8. The van der Waals surface area contributed by atoms with Crippen LogP contribution in [0.3, 0.4) is 0 Å². The van der Waals surface area contributed by atoms with E-state index in [1.54, 1.807) is 0 Å². The Hall–Kier alpha value is -2.16. The Kier molecular flexibility index (Phi) is 5.04. The third kappa shape index (κ3) is 3.19. The number of anilines is 1. The molecule has 2 saturated heterocycles. The molecule has 1 saturated carbocycles. The highest BCUT2D eigenvalue weighted by Crippen LogP contribution is 2.44. The predicted molar refractivity (Wildman–Crippen MR) is 99.8 cm³/mol. The van der Waals surface area contributed by atoms with Crippen molar-refractivity contribution in [3.63, 3.8) is 0 Å². The minimum atomic E-state index is -1.28. The molecule has 2 atom stereocenters. The molecule has 3 aliphatic rings. The Bertz CT molecular complexity index is 1040. The molecule has 156 valence electrons. The van der Waals surface area contributed by atoms with Gasteiger partial charge in [0.05, 0.1) is 43.6 Å². The summed E-state index contributed by atoms with van der Waals surface area (Å²) in [7, 11) is 0. The number of pyridine rings is 2. The molecular weight excluding hydrogens is 401 g/mol. The molecule has 0 bridgehead atoms. The van der Waals surface area contributed by atoms with Gasteiger partial charge in [0, 0.05) is 0 Å². The summed E-state index contributed by atoms with van der Waals surface area (Å²) >= 11 is 0. The maximum absolute atomic E-state index is 15.2. The van der Waals surface area contributed by atoms with Crippen molar-refractivity contribution in [1.82, 2.24) is 4.40 Å². The second-order valence-corrected chi connectivity index (χ2v) is 8.07. The van der Waals surface area contributed by atoms with Gasteiger partial charge in [-0.3, -0.25) is 9.20 Å². The molecule has 2 aliphatic heterocycles. The molecule has 0 unspecified atom stereocenters. The first kappa shape index (κ1) is 20.1. The largest absolute Gasteiger partial charge is 1.00 e. The quantitative estimate of drug-likeness (QED) is 0.569. The van der Waals surface area contributed by atoms with Gasteiger partial charge in [0.2, 0.25) is 0 Å². The topological polar surface area (TPSA) is 87.9 Å². The lowest BCUT2D eigenvalue weighted by atomic mass is 10.0. The molecule has 4 heterocycles. The van der Waals surface area contributed by atoms with Gasteiger partial charge in [-0.1, -0.05) is 0 Å². The van der Waals surface area contributed by atoms with Crippen LogP contribution >= 0.6 is 0 Å². The molecular formula is C20H23ClFN3O4. The molecule has 5 rings (SSSR count). The number of carbonyl (C=O) groups is 1. The average Bonchev–Trinajstić information content (AvgIpc) is 3.41. The second kappa shape index (κ2) is 7.27. The van der Waals surface area contributed by atoms with Crippen LogP contribution in [0.2, 0.25) is 0 Å². The van der Waals surface area contributed by atoms with E-state index in [-0.39, 0.29) is 36.0 Å². The summed E-state index contributed by atoms with van der Waals surface area (Å²) in [6.07, 6.45) is 3.14. The summed E-state index contributed by atoms with van der Waals surface area (Å²) in [5.41, 5.74) is 1.67. The van der Waals surface area contributed by atoms with Crippen LogP contribution in [0.5, 0.6) is 0 Å². The standard InChI is InChI=1S/C20H22FN3O4.ClH/c1-10-17-12(11-2-3-11)6-13(20(26)27)19(25)24(17)7-14(21)18(10)23-8-15-16(9-23)28-5-4-22-15;/h6-7,11,15-16,22H,2-5,8-9H2,1H3,(H,26,27);1H/t15-,16+;/m1./s1. The summed E-state index contributed by atoms with van der Waals surface area (Å²) in [4.78, 5) is 26.2. The molecule has 0 aromatic carbocycles. The maximum atomic E-state index is 15.2. The molecule has 9 heteroatoms. The highest BCUT2D eigenvalue weighted by Gasteiger charge is 2.40. The van der Waals surface area contributed by atoms with Gasteiger partial charge in [-0.2, -0.15) is 0 Å². The van der Waals surface area contributed by atoms with Gasteiger partial charge in [-0.15, -0.1) is 0 Å². The molecule has 3 fully saturated rings. The third-order valence-corrected chi connectivity index (χ3v) is 6.23. The number of morpholine rings is 1. The van der Waals surface area contributed by atoms with E-state index in [1.165, 1.54) is 10.5 Å². The lowest BCUT2D eigenvalue weighted by molar-refractivity contribution is -0.706. The number of halogens is 2. The Morgan fingerprint density at radius 1 is 1.34 bits per heavy atom. The Morgan fingerprint density at radius 2 is 2.10 bits per heavy atom. The molecule has 29 heavy (non-hydrogen) atoms. The molecule has 0 spiro atoms. The van der Waals surface area contributed by atoms with Gasteiger partial charge >= 0.3 is 5.97 Å². The lowest BCUT2D eigenvalue weighted by Crippen LogP contribution is -3.00. The van der Waals surface area contributed by atoms with E-state index in [0.717, 1.165) is 31.1 Å². The van der Waals surface area contributed by atoms with Crippen LogP contribution in [0.1, 0.15) is 40.2 Å². The normalized spacial score (nSPS) is 23.7. The number of aryl methyl sites for hydroxylation is 1. The smallest absolute Gasteiger partial charge is 0.341 e. The van der Waals surface area contributed by atoms with Gasteiger partial charge in [0.1, 0.15) is 17.7 Å². The van der Waals surface area contributed by atoms with Crippen LogP contribution in [0.15, 0.2) is 17.1 Å². The van der Waals surface area contributed by atoms with Crippen LogP contribution in [0.25, 0.3) is 5.52 Å². The number of hydrogen-bond acceptors (Lipinski definition) is 4. The average molecular weight is 424 g/mol. The summed E-state index contributed by atoms with van der Waals surface area (Å²) in [5, 5.41) is 11.7. The SMILES string of the molecule is Cc1c(N2C[C@@H]3OCC[NH2+][C@@H]3C2)c(F)cn2c(=O)c(C(=O)O)cc(C3CC3)c12.[Cl-]. The van der Waals surface area contributed by atoms with Crippen molar-refractivity contribution in [2.45, 2.75) is 37.8 Å². The first-order chi connectivity index (χ1) is 13.5. The Morgan fingerprint density at radius 3 is 2.76 bits per heavy atom. The van der Waals surface area contributed by atoms with Crippen molar-refractivity contribution in [2.75, 3.05) is 31.1 Å². The minimum Gasteiger partial charge on any atom is -1.00 e. The first-order valence-corrected chi connectivity index (χ1v) is 9.77.